The van der Waals surface area contributed by atoms with Crippen LogP contribution in [-0.2, 0) is 4.79 Å². The Bertz CT molecular complexity index is 653. The summed E-state index contributed by atoms with van der Waals surface area (Å²) in [7, 11) is 1.66. The molecular formula is C14H12BrNO2S2. The number of phenols is 1. The van der Waals surface area contributed by atoms with Gasteiger partial charge in [-0.3, -0.25) is 9.69 Å². The summed E-state index contributed by atoms with van der Waals surface area (Å²) < 4.78 is 1.44. The number of benzene rings is 1. The van der Waals surface area contributed by atoms with Gasteiger partial charge in [-0.1, -0.05) is 39.9 Å². The van der Waals surface area contributed by atoms with Crippen molar-refractivity contribution in [2.75, 3.05) is 7.05 Å². The van der Waals surface area contributed by atoms with Crippen molar-refractivity contribution in [3.8, 4) is 5.75 Å². The van der Waals surface area contributed by atoms with Crippen LogP contribution in [0.1, 0.15) is 12.5 Å². The van der Waals surface area contributed by atoms with Crippen LogP contribution < -0.4 is 0 Å². The Morgan fingerprint density at radius 3 is 2.80 bits per heavy atom. The molecule has 1 fully saturated rings. The van der Waals surface area contributed by atoms with E-state index in [-0.39, 0.29) is 11.7 Å². The molecule has 0 aromatic heterocycles. The molecule has 1 aromatic rings. The van der Waals surface area contributed by atoms with Crippen molar-refractivity contribution in [1.29, 1.82) is 0 Å². The fraction of sp³-hybridized carbons (Fsp3) is 0.143. The third-order valence-corrected chi connectivity index (χ3v) is 4.70. The molecule has 0 radical (unpaired) electrons. The van der Waals surface area contributed by atoms with Gasteiger partial charge in [-0.15, -0.1) is 0 Å². The predicted octanol–water partition coefficient (Wildman–Crippen LogP) is 3.93. The summed E-state index contributed by atoms with van der Waals surface area (Å²) in [4.78, 5) is 13.9. The lowest BCUT2D eigenvalue weighted by Gasteiger charge is -2.03. The van der Waals surface area contributed by atoms with Crippen LogP contribution in [0.5, 0.6) is 5.75 Å². The first-order chi connectivity index (χ1) is 9.38. The van der Waals surface area contributed by atoms with Gasteiger partial charge >= 0.3 is 0 Å². The highest BCUT2D eigenvalue weighted by atomic mass is 79.9. The maximum atomic E-state index is 11.9. The summed E-state index contributed by atoms with van der Waals surface area (Å²) in [6.45, 7) is 1.88. The number of carbonyl (C=O) groups is 1. The van der Waals surface area contributed by atoms with E-state index in [1.807, 2.05) is 19.1 Å². The van der Waals surface area contributed by atoms with Crippen molar-refractivity contribution in [2.24, 2.45) is 0 Å². The number of aromatic hydroxyl groups is 1. The first-order valence-corrected chi connectivity index (χ1v) is 7.78. The Labute approximate surface area is 135 Å². The first-order valence-electron chi connectivity index (χ1n) is 5.77. The number of nitrogens with zero attached hydrogens (tertiary/aromatic N) is 1. The molecule has 1 amide bonds. The van der Waals surface area contributed by atoms with Crippen molar-refractivity contribution in [3.05, 3.63) is 44.8 Å². The molecule has 0 aliphatic carbocycles. The molecule has 1 heterocycles. The van der Waals surface area contributed by atoms with E-state index in [0.29, 0.717) is 14.8 Å². The van der Waals surface area contributed by atoms with Crippen LogP contribution >= 0.6 is 39.9 Å². The van der Waals surface area contributed by atoms with Gasteiger partial charge in [0, 0.05) is 17.1 Å². The number of thiocarbonyl (C=S) groups is 1. The van der Waals surface area contributed by atoms with Crippen LogP contribution in [-0.4, -0.2) is 27.3 Å². The number of thioether (sulfide) groups is 1. The molecule has 1 N–H and O–H groups in total. The van der Waals surface area contributed by atoms with Crippen molar-refractivity contribution >= 4 is 56.2 Å². The molecule has 1 aromatic carbocycles. The molecule has 3 nitrogen and oxygen atoms in total. The van der Waals surface area contributed by atoms with Crippen LogP contribution in [0.4, 0.5) is 0 Å². The molecule has 0 bridgehead atoms. The Morgan fingerprint density at radius 2 is 2.20 bits per heavy atom. The normalized spacial score (nSPS) is 18.2. The molecular weight excluding hydrogens is 358 g/mol. The van der Waals surface area contributed by atoms with E-state index < -0.39 is 0 Å². The predicted molar refractivity (Wildman–Crippen MR) is 90.5 cm³/mol. The molecule has 2 rings (SSSR count). The van der Waals surface area contributed by atoms with E-state index in [2.05, 4.69) is 15.9 Å². The minimum absolute atomic E-state index is 0.0915. The highest BCUT2D eigenvalue weighted by Crippen LogP contribution is 2.31. The van der Waals surface area contributed by atoms with E-state index in [1.54, 1.807) is 25.3 Å². The average Bonchev–Trinajstić information content (AvgIpc) is 2.61. The molecule has 104 valence electrons. The van der Waals surface area contributed by atoms with Crippen molar-refractivity contribution < 1.29 is 9.90 Å². The zero-order valence-corrected chi connectivity index (χ0v) is 14.1. The molecule has 0 spiro atoms. The van der Waals surface area contributed by atoms with Gasteiger partial charge in [-0.2, -0.15) is 0 Å². The van der Waals surface area contributed by atoms with Gasteiger partial charge in [0.15, 0.2) is 0 Å². The maximum absolute atomic E-state index is 11.9. The molecule has 0 unspecified atom stereocenters. The number of hydrogen-bond donors (Lipinski definition) is 1. The summed E-state index contributed by atoms with van der Waals surface area (Å²) >= 11 is 9.72. The third kappa shape index (κ3) is 3.31. The zero-order chi connectivity index (χ0) is 14.9. The van der Waals surface area contributed by atoms with Gasteiger partial charge < -0.3 is 5.11 Å². The lowest BCUT2D eigenvalue weighted by Crippen LogP contribution is -2.22. The monoisotopic (exact) mass is 369 g/mol. The summed E-state index contributed by atoms with van der Waals surface area (Å²) in [5.74, 6) is 0.107. The summed E-state index contributed by atoms with van der Waals surface area (Å²) in [6, 6.07) is 5.21. The van der Waals surface area contributed by atoms with Crippen LogP contribution in [0, 0.1) is 0 Å². The smallest absolute Gasteiger partial charge is 0.265 e. The number of likely N-dealkylation sites (N-methyl/N-ethyl adjacent to an activating group) is 1. The minimum atomic E-state index is -0.0915. The van der Waals surface area contributed by atoms with Crippen LogP contribution in [0.2, 0.25) is 0 Å². The van der Waals surface area contributed by atoms with E-state index in [4.69, 9.17) is 12.2 Å². The molecule has 6 heteroatoms. The maximum Gasteiger partial charge on any atom is 0.265 e. The molecule has 0 saturated carbocycles. The second kappa shape index (κ2) is 6.11. The Hall–Kier alpha value is -1.11. The fourth-order valence-electron chi connectivity index (χ4n) is 1.68. The van der Waals surface area contributed by atoms with E-state index in [9.17, 15) is 9.90 Å². The van der Waals surface area contributed by atoms with Gasteiger partial charge in [-0.05, 0) is 42.8 Å². The van der Waals surface area contributed by atoms with Crippen LogP contribution in [0.25, 0.3) is 6.08 Å². The number of amides is 1. The number of hydrogen-bond acceptors (Lipinski definition) is 4. The van der Waals surface area contributed by atoms with Crippen molar-refractivity contribution in [3.63, 3.8) is 0 Å². The topological polar surface area (TPSA) is 40.5 Å². The van der Waals surface area contributed by atoms with E-state index in [0.717, 1.165) is 10.0 Å². The Balaban J connectivity index is 2.30. The first kappa shape index (κ1) is 15.3. The van der Waals surface area contributed by atoms with Gasteiger partial charge in [0.1, 0.15) is 10.1 Å². The van der Waals surface area contributed by atoms with Gasteiger partial charge in [-0.25, -0.2) is 0 Å². The molecule has 20 heavy (non-hydrogen) atoms. The molecule has 1 aliphatic rings. The quantitative estimate of drug-likeness (QED) is 0.633. The second-order valence-electron chi connectivity index (χ2n) is 4.33. The SMILES string of the molecule is CC(=C/c1cc(Br)ccc1O)/C=C1\SC(=S)N(C)C1=O. The number of phenolic OH excluding ortho intramolecular Hbond substituents is 1. The van der Waals surface area contributed by atoms with Gasteiger partial charge in [0.05, 0.1) is 4.91 Å². The van der Waals surface area contributed by atoms with Crippen LogP contribution in [0.3, 0.4) is 0 Å². The summed E-state index contributed by atoms with van der Waals surface area (Å²) in [5, 5.41) is 9.79. The number of halogens is 1. The minimum Gasteiger partial charge on any atom is -0.507 e. The lowest BCUT2D eigenvalue weighted by atomic mass is 10.1. The van der Waals surface area contributed by atoms with Gasteiger partial charge in [0.2, 0.25) is 0 Å². The fourth-order valence-corrected chi connectivity index (χ4v) is 3.29. The highest BCUT2D eigenvalue weighted by molar-refractivity contribution is 9.10. The third-order valence-electron chi connectivity index (χ3n) is 2.72. The summed E-state index contributed by atoms with van der Waals surface area (Å²) in [5.41, 5.74) is 1.56. The Kier molecular flexibility index (Phi) is 4.67. The highest BCUT2D eigenvalue weighted by Gasteiger charge is 2.28. The molecule has 0 atom stereocenters. The molecule has 1 aliphatic heterocycles. The number of carbonyl (C=O) groups excluding carboxylic acids is 1. The average molecular weight is 370 g/mol. The lowest BCUT2D eigenvalue weighted by molar-refractivity contribution is -0.121. The number of rotatable bonds is 2. The van der Waals surface area contributed by atoms with E-state index >= 15 is 0 Å². The zero-order valence-electron chi connectivity index (χ0n) is 10.9. The van der Waals surface area contributed by atoms with Crippen molar-refractivity contribution in [2.45, 2.75) is 6.92 Å². The van der Waals surface area contributed by atoms with Gasteiger partial charge in [0.25, 0.3) is 5.91 Å². The largest absolute Gasteiger partial charge is 0.507 e. The van der Waals surface area contributed by atoms with Crippen LogP contribution in [0.15, 0.2) is 39.2 Å². The second-order valence-corrected chi connectivity index (χ2v) is 6.92. The Morgan fingerprint density at radius 1 is 1.50 bits per heavy atom. The summed E-state index contributed by atoms with van der Waals surface area (Å²) in [6.07, 6.45) is 3.60. The standard InChI is InChI=1S/C14H12BrNO2S2/c1-8(5-9-7-10(15)3-4-11(9)17)6-12-13(18)16(2)14(19)20-12/h3-7,17H,1-2H3/b8-5-,12-6-. The van der Waals surface area contributed by atoms with Crippen molar-refractivity contribution in [1.82, 2.24) is 4.90 Å². The molecule has 1 saturated heterocycles. The number of allylic oxidation sites excluding steroid dienone is 2. The van der Waals surface area contributed by atoms with E-state index in [1.165, 1.54) is 16.7 Å².